The maximum atomic E-state index is 10.7. The van der Waals surface area contributed by atoms with Crippen LogP contribution in [-0.2, 0) is 11.2 Å². The average molecular weight is 300 g/mol. The van der Waals surface area contributed by atoms with Gasteiger partial charge < -0.3 is 5.11 Å². The van der Waals surface area contributed by atoms with Gasteiger partial charge in [-0.1, -0.05) is 12.1 Å². The van der Waals surface area contributed by atoms with Crippen molar-refractivity contribution in [3.8, 4) is 11.3 Å². The maximum absolute atomic E-state index is 10.7. The Balaban J connectivity index is 1.97. The first kappa shape index (κ1) is 13.8. The minimum absolute atomic E-state index is 0.142. The third-order valence-corrected chi connectivity index (χ3v) is 4.57. The number of fused-ring (bicyclic) bond motifs is 1. The third-order valence-electron chi connectivity index (χ3n) is 3.68. The van der Waals surface area contributed by atoms with Crippen LogP contribution in [0.4, 0.5) is 0 Å². The van der Waals surface area contributed by atoms with Crippen LogP contribution >= 0.6 is 11.3 Å². The first-order valence-corrected chi connectivity index (χ1v) is 7.67. The first-order chi connectivity index (χ1) is 10.0. The number of imidazole rings is 1. The van der Waals surface area contributed by atoms with Gasteiger partial charge in [0.2, 0.25) is 0 Å². The molecule has 0 aliphatic rings. The molecule has 0 aliphatic heterocycles. The summed E-state index contributed by atoms with van der Waals surface area (Å²) in [7, 11) is 0. The van der Waals surface area contributed by atoms with Gasteiger partial charge in [0.25, 0.3) is 0 Å². The van der Waals surface area contributed by atoms with E-state index in [0.717, 1.165) is 21.9 Å². The molecule has 0 aliphatic carbocycles. The Morgan fingerprint density at radius 3 is 2.86 bits per heavy atom. The highest BCUT2D eigenvalue weighted by Gasteiger charge is 2.11. The number of carbonyl (C=O) groups is 1. The van der Waals surface area contributed by atoms with Crippen LogP contribution in [0.25, 0.3) is 16.2 Å². The largest absolute Gasteiger partial charge is 0.481 e. The van der Waals surface area contributed by atoms with Crippen molar-refractivity contribution in [1.29, 1.82) is 0 Å². The van der Waals surface area contributed by atoms with E-state index < -0.39 is 5.97 Å². The lowest BCUT2D eigenvalue weighted by molar-refractivity contribution is -0.136. The van der Waals surface area contributed by atoms with Gasteiger partial charge in [-0.15, -0.1) is 11.3 Å². The van der Waals surface area contributed by atoms with Gasteiger partial charge in [-0.2, -0.15) is 0 Å². The minimum Gasteiger partial charge on any atom is -0.481 e. The fraction of sp³-hybridized carbons (Fsp3) is 0.250. The van der Waals surface area contributed by atoms with Crippen LogP contribution < -0.4 is 0 Å². The van der Waals surface area contributed by atoms with Crippen molar-refractivity contribution in [2.75, 3.05) is 0 Å². The number of aliphatic carboxylic acids is 1. The van der Waals surface area contributed by atoms with Gasteiger partial charge >= 0.3 is 5.97 Å². The van der Waals surface area contributed by atoms with E-state index in [4.69, 9.17) is 5.11 Å². The van der Waals surface area contributed by atoms with Gasteiger partial charge in [-0.05, 0) is 37.5 Å². The number of rotatable bonds is 4. The monoisotopic (exact) mass is 300 g/mol. The molecule has 108 valence electrons. The summed E-state index contributed by atoms with van der Waals surface area (Å²) in [5, 5.41) is 10.8. The molecule has 21 heavy (non-hydrogen) atoms. The number of nitrogens with zero attached hydrogens (tertiary/aromatic N) is 2. The number of aromatic nitrogens is 2. The van der Waals surface area contributed by atoms with Crippen molar-refractivity contribution < 1.29 is 9.90 Å². The van der Waals surface area contributed by atoms with Gasteiger partial charge in [0.1, 0.15) is 0 Å². The summed E-state index contributed by atoms with van der Waals surface area (Å²) >= 11 is 1.55. The zero-order valence-electron chi connectivity index (χ0n) is 12.0. The average Bonchev–Trinajstić information content (AvgIpc) is 3.00. The van der Waals surface area contributed by atoms with Crippen LogP contribution in [0.1, 0.15) is 23.2 Å². The van der Waals surface area contributed by atoms with Crippen molar-refractivity contribution in [1.82, 2.24) is 9.38 Å². The predicted molar refractivity (Wildman–Crippen MR) is 83.9 cm³/mol. The molecule has 1 N–H and O–H groups in total. The summed E-state index contributed by atoms with van der Waals surface area (Å²) in [5.74, 6) is -0.774. The standard InChI is InChI=1S/C16H16N2O2S/c1-10-3-4-12(7-11(10)2)14-8-18-13(5-6-15(19)20)9-21-16(18)17-14/h3-4,7-9H,5-6H2,1-2H3,(H,19,20). The lowest BCUT2D eigenvalue weighted by Crippen LogP contribution is -1.99. The zero-order chi connectivity index (χ0) is 15.0. The van der Waals surface area contributed by atoms with Crippen LogP contribution in [0.15, 0.2) is 29.8 Å². The Hall–Kier alpha value is -2.14. The molecule has 1 aromatic carbocycles. The second-order valence-corrected chi connectivity index (χ2v) is 6.04. The lowest BCUT2D eigenvalue weighted by atomic mass is 10.0. The molecule has 2 aromatic heterocycles. The SMILES string of the molecule is Cc1ccc(-c2cn3c(CCC(=O)O)csc3n2)cc1C. The molecule has 3 aromatic rings. The first-order valence-electron chi connectivity index (χ1n) is 6.79. The summed E-state index contributed by atoms with van der Waals surface area (Å²) in [6.45, 7) is 4.18. The second-order valence-electron chi connectivity index (χ2n) is 5.20. The van der Waals surface area contributed by atoms with E-state index in [1.165, 1.54) is 11.1 Å². The van der Waals surface area contributed by atoms with Gasteiger partial charge in [0, 0.05) is 22.8 Å². The molecule has 0 unspecified atom stereocenters. The van der Waals surface area contributed by atoms with Crippen molar-refractivity contribution in [2.24, 2.45) is 0 Å². The van der Waals surface area contributed by atoms with Crippen LogP contribution in [0.3, 0.4) is 0 Å². The molecule has 0 fully saturated rings. The number of hydrogen-bond donors (Lipinski definition) is 1. The van der Waals surface area contributed by atoms with Gasteiger partial charge in [0.15, 0.2) is 4.96 Å². The molecular formula is C16H16N2O2S. The fourth-order valence-corrected chi connectivity index (χ4v) is 3.19. The Bertz CT molecular complexity index is 817. The smallest absolute Gasteiger partial charge is 0.303 e. The third kappa shape index (κ3) is 2.69. The number of carboxylic acid groups (broad SMARTS) is 1. The Morgan fingerprint density at radius 1 is 1.33 bits per heavy atom. The summed E-state index contributed by atoms with van der Waals surface area (Å²) in [5.41, 5.74) is 5.54. The quantitative estimate of drug-likeness (QED) is 0.799. The van der Waals surface area contributed by atoms with Crippen molar-refractivity contribution in [2.45, 2.75) is 26.7 Å². The van der Waals surface area contributed by atoms with E-state index in [1.807, 2.05) is 16.0 Å². The van der Waals surface area contributed by atoms with Crippen molar-refractivity contribution >= 4 is 22.3 Å². The molecule has 0 spiro atoms. The molecule has 0 amide bonds. The molecular weight excluding hydrogens is 284 g/mol. The van der Waals surface area contributed by atoms with Gasteiger partial charge in [0.05, 0.1) is 12.1 Å². The highest BCUT2D eigenvalue weighted by molar-refractivity contribution is 7.15. The van der Waals surface area contributed by atoms with E-state index in [0.29, 0.717) is 6.42 Å². The van der Waals surface area contributed by atoms with E-state index in [9.17, 15) is 4.79 Å². The van der Waals surface area contributed by atoms with Crippen LogP contribution in [-0.4, -0.2) is 20.5 Å². The normalized spacial score (nSPS) is 11.1. The topological polar surface area (TPSA) is 54.6 Å². The molecule has 2 heterocycles. The molecule has 0 saturated carbocycles. The molecule has 5 heteroatoms. The van der Waals surface area contributed by atoms with E-state index in [2.05, 4.69) is 37.0 Å². The van der Waals surface area contributed by atoms with Crippen LogP contribution in [0.2, 0.25) is 0 Å². The molecule has 3 rings (SSSR count). The molecule has 0 radical (unpaired) electrons. The van der Waals surface area contributed by atoms with Gasteiger partial charge in [-0.3, -0.25) is 9.20 Å². The predicted octanol–water partition coefficient (Wildman–Crippen LogP) is 3.70. The van der Waals surface area contributed by atoms with Gasteiger partial charge in [-0.25, -0.2) is 4.98 Å². The highest BCUT2D eigenvalue weighted by atomic mass is 32.1. The van der Waals surface area contributed by atoms with Crippen LogP contribution in [0, 0.1) is 13.8 Å². The molecule has 0 saturated heterocycles. The lowest BCUT2D eigenvalue weighted by Gasteiger charge is -2.02. The van der Waals surface area contributed by atoms with E-state index in [1.54, 1.807) is 11.3 Å². The van der Waals surface area contributed by atoms with Crippen molar-refractivity contribution in [3.63, 3.8) is 0 Å². The molecule has 0 bridgehead atoms. The van der Waals surface area contributed by atoms with Crippen molar-refractivity contribution in [3.05, 3.63) is 46.6 Å². The fourth-order valence-electron chi connectivity index (χ4n) is 2.28. The minimum atomic E-state index is -0.774. The Kier molecular flexibility index (Phi) is 3.51. The second kappa shape index (κ2) is 5.33. The number of benzene rings is 1. The Morgan fingerprint density at radius 2 is 2.14 bits per heavy atom. The Labute approximate surface area is 126 Å². The number of aryl methyl sites for hydroxylation is 3. The number of carboxylic acids is 1. The number of thiazole rings is 1. The van der Waals surface area contributed by atoms with Crippen LogP contribution in [0.5, 0.6) is 0 Å². The molecule has 4 nitrogen and oxygen atoms in total. The summed E-state index contributed by atoms with van der Waals surface area (Å²) in [6.07, 6.45) is 2.66. The zero-order valence-corrected chi connectivity index (χ0v) is 12.8. The van der Waals surface area contributed by atoms with E-state index in [-0.39, 0.29) is 6.42 Å². The van der Waals surface area contributed by atoms with E-state index >= 15 is 0 Å². The summed E-state index contributed by atoms with van der Waals surface area (Å²) < 4.78 is 2.00. The summed E-state index contributed by atoms with van der Waals surface area (Å²) in [4.78, 5) is 16.2. The maximum Gasteiger partial charge on any atom is 0.303 e. The number of hydrogen-bond acceptors (Lipinski definition) is 3. The summed E-state index contributed by atoms with van der Waals surface area (Å²) in [6, 6.07) is 6.31. The molecule has 0 atom stereocenters. The highest BCUT2D eigenvalue weighted by Crippen LogP contribution is 2.25.